The van der Waals surface area contributed by atoms with Crippen LogP contribution >= 0.6 is 0 Å². The highest BCUT2D eigenvalue weighted by molar-refractivity contribution is 6.07. The van der Waals surface area contributed by atoms with Crippen LogP contribution in [0.3, 0.4) is 0 Å². The Morgan fingerprint density at radius 1 is 0.879 bits per heavy atom. The van der Waals surface area contributed by atoms with Crippen molar-refractivity contribution >= 4 is 22.4 Å². The molecule has 0 fully saturated rings. The number of benzene rings is 4. The third-order valence-corrected chi connectivity index (χ3v) is 6.04. The van der Waals surface area contributed by atoms with Crippen LogP contribution in [0.4, 0.5) is 5.69 Å². The van der Waals surface area contributed by atoms with Crippen LogP contribution in [0, 0.1) is 0 Å². The first-order valence-electron chi connectivity index (χ1n) is 11.0. The molecule has 4 aromatic carbocycles. The van der Waals surface area contributed by atoms with Gasteiger partial charge in [-0.15, -0.1) is 0 Å². The highest BCUT2D eigenvalue weighted by atomic mass is 16.2. The molecule has 1 aliphatic heterocycles. The summed E-state index contributed by atoms with van der Waals surface area (Å²) in [4.78, 5) is 15.4. The average Bonchev–Trinajstić information content (AvgIpc) is 3.10. The molecule has 164 valence electrons. The number of rotatable bonds is 6. The topological polar surface area (TPSA) is 75.6 Å². The van der Waals surface area contributed by atoms with Gasteiger partial charge in [0.15, 0.2) is 0 Å². The molecule has 1 aliphatic rings. The molecule has 0 spiro atoms. The number of hydrazine groups is 1. The zero-order valence-electron chi connectivity index (χ0n) is 18.3. The van der Waals surface area contributed by atoms with E-state index in [1.807, 2.05) is 72.8 Å². The van der Waals surface area contributed by atoms with Crippen LogP contribution in [0.5, 0.6) is 0 Å². The third kappa shape index (κ3) is 4.19. The molecule has 0 aliphatic carbocycles. The number of para-hydroxylation sites is 1. The maximum Gasteiger partial charge on any atom is 0.239 e. The molecule has 0 unspecified atom stereocenters. The van der Waals surface area contributed by atoms with Crippen LogP contribution < -0.4 is 16.5 Å². The van der Waals surface area contributed by atoms with E-state index in [2.05, 4.69) is 24.3 Å². The molecule has 1 atom stereocenters. The average molecular weight is 435 g/mol. The lowest BCUT2D eigenvalue weighted by molar-refractivity contribution is -0.118. The number of hydrogen-bond acceptors (Lipinski definition) is 4. The van der Waals surface area contributed by atoms with Crippen molar-refractivity contribution in [3.8, 4) is 0 Å². The number of nitrogens with two attached hydrogens (primary N) is 2. The van der Waals surface area contributed by atoms with Gasteiger partial charge in [0.1, 0.15) is 0 Å². The van der Waals surface area contributed by atoms with Crippen LogP contribution in [0.15, 0.2) is 109 Å². The van der Waals surface area contributed by atoms with Crippen molar-refractivity contribution in [3.63, 3.8) is 0 Å². The Morgan fingerprint density at radius 3 is 2.39 bits per heavy atom. The van der Waals surface area contributed by atoms with Crippen molar-refractivity contribution in [1.29, 1.82) is 0 Å². The van der Waals surface area contributed by atoms with Crippen LogP contribution in [0.2, 0.25) is 0 Å². The molecular weight excluding hydrogens is 408 g/mol. The van der Waals surface area contributed by atoms with E-state index in [0.29, 0.717) is 12.2 Å². The quantitative estimate of drug-likeness (QED) is 0.346. The standard InChI is InChI=1S/C28H26N4O/c29-24(18-31(30)17-20-8-2-1-3-9-20)19-32-26-13-7-6-12-25(26)27(28(32)33)23-15-14-21-10-4-5-11-22(21)16-23/h1-16,18,27H,17,19,29-30H2/b24-18-/t27-/m1/s1. The number of carbonyl (C=O) groups excluding carboxylic acids is 1. The molecule has 5 nitrogen and oxygen atoms in total. The Kier molecular flexibility index (Phi) is 5.55. The van der Waals surface area contributed by atoms with Crippen LogP contribution in [0.25, 0.3) is 10.8 Å². The van der Waals surface area contributed by atoms with Gasteiger partial charge in [-0.25, -0.2) is 5.84 Å². The van der Waals surface area contributed by atoms with Gasteiger partial charge in [-0.05, 0) is 33.5 Å². The van der Waals surface area contributed by atoms with Gasteiger partial charge in [0, 0.05) is 17.6 Å². The van der Waals surface area contributed by atoms with Gasteiger partial charge in [0.25, 0.3) is 0 Å². The molecule has 4 N–H and O–H groups in total. The van der Waals surface area contributed by atoms with Crippen molar-refractivity contribution in [1.82, 2.24) is 5.01 Å². The predicted molar refractivity (Wildman–Crippen MR) is 133 cm³/mol. The lowest BCUT2D eigenvalue weighted by Gasteiger charge is -2.20. The van der Waals surface area contributed by atoms with Crippen molar-refractivity contribution in [2.24, 2.45) is 11.6 Å². The van der Waals surface area contributed by atoms with Gasteiger partial charge in [-0.2, -0.15) is 0 Å². The summed E-state index contributed by atoms with van der Waals surface area (Å²) in [6.07, 6.45) is 1.70. The highest BCUT2D eigenvalue weighted by Gasteiger charge is 2.38. The minimum absolute atomic E-state index is 0.0226. The maximum atomic E-state index is 13.6. The lowest BCUT2D eigenvalue weighted by Crippen LogP contribution is -2.34. The number of carbonyl (C=O) groups is 1. The van der Waals surface area contributed by atoms with E-state index in [4.69, 9.17) is 11.6 Å². The first kappa shape index (κ1) is 20.8. The normalized spacial score (nSPS) is 15.7. The summed E-state index contributed by atoms with van der Waals surface area (Å²) in [5.74, 6) is 5.83. The number of nitrogens with zero attached hydrogens (tertiary/aromatic N) is 2. The summed E-state index contributed by atoms with van der Waals surface area (Å²) in [5, 5.41) is 3.83. The van der Waals surface area contributed by atoms with Crippen molar-refractivity contribution in [2.45, 2.75) is 12.5 Å². The Bertz CT molecular complexity index is 1330. The summed E-state index contributed by atoms with van der Waals surface area (Å²) in [6.45, 7) is 0.814. The first-order valence-corrected chi connectivity index (χ1v) is 11.0. The lowest BCUT2D eigenvalue weighted by atomic mass is 9.91. The van der Waals surface area contributed by atoms with Crippen LogP contribution in [-0.4, -0.2) is 17.5 Å². The van der Waals surface area contributed by atoms with Crippen LogP contribution in [-0.2, 0) is 11.3 Å². The smallest absolute Gasteiger partial charge is 0.239 e. The second kappa shape index (κ2) is 8.81. The maximum absolute atomic E-state index is 13.6. The monoisotopic (exact) mass is 434 g/mol. The Balaban J connectivity index is 1.41. The fraction of sp³-hybridized carbons (Fsp3) is 0.107. The van der Waals surface area contributed by atoms with E-state index >= 15 is 0 Å². The molecule has 0 saturated heterocycles. The minimum Gasteiger partial charge on any atom is -0.399 e. The molecule has 33 heavy (non-hydrogen) atoms. The van der Waals surface area contributed by atoms with E-state index < -0.39 is 0 Å². The predicted octanol–water partition coefficient (Wildman–Crippen LogP) is 4.49. The van der Waals surface area contributed by atoms with Crippen molar-refractivity contribution in [2.75, 3.05) is 11.4 Å². The molecule has 0 radical (unpaired) electrons. The zero-order chi connectivity index (χ0) is 22.8. The second-order valence-corrected chi connectivity index (χ2v) is 8.38. The molecule has 5 heteroatoms. The molecule has 5 rings (SSSR count). The van der Waals surface area contributed by atoms with Gasteiger partial charge in [0.2, 0.25) is 5.91 Å². The summed E-state index contributed by atoms with van der Waals surface area (Å²) < 4.78 is 0. The summed E-state index contributed by atoms with van der Waals surface area (Å²) in [6, 6.07) is 32.3. The summed E-state index contributed by atoms with van der Waals surface area (Å²) >= 11 is 0. The summed E-state index contributed by atoms with van der Waals surface area (Å²) in [5.41, 5.74) is 10.8. The first-order chi connectivity index (χ1) is 16.1. The number of amides is 1. The van der Waals surface area contributed by atoms with E-state index in [0.717, 1.165) is 33.2 Å². The molecule has 1 heterocycles. The fourth-order valence-electron chi connectivity index (χ4n) is 4.53. The van der Waals surface area contributed by atoms with E-state index in [9.17, 15) is 4.79 Å². The van der Waals surface area contributed by atoms with E-state index in [1.165, 1.54) is 0 Å². The number of hydrogen-bond donors (Lipinski definition) is 2. The SMILES string of the molecule is N/C(=C\N(N)Cc1ccccc1)CN1C(=O)[C@H](c2ccc3ccccc3c2)c2ccccc21. The fourth-order valence-corrected chi connectivity index (χ4v) is 4.53. The van der Waals surface area contributed by atoms with E-state index in [-0.39, 0.29) is 18.4 Å². The number of fused-ring (bicyclic) bond motifs is 2. The molecule has 0 aromatic heterocycles. The summed E-state index contributed by atoms with van der Waals surface area (Å²) in [7, 11) is 0. The molecule has 0 bridgehead atoms. The molecule has 0 saturated carbocycles. The Morgan fingerprint density at radius 2 is 1.58 bits per heavy atom. The second-order valence-electron chi connectivity index (χ2n) is 8.38. The molecular formula is C28H26N4O. The Hall–Kier alpha value is -4.09. The van der Waals surface area contributed by atoms with Gasteiger partial charge < -0.3 is 15.6 Å². The Labute approximate surface area is 193 Å². The van der Waals surface area contributed by atoms with Gasteiger partial charge in [-0.3, -0.25) is 4.79 Å². The molecule has 1 amide bonds. The minimum atomic E-state index is -0.350. The van der Waals surface area contributed by atoms with E-state index in [1.54, 1.807) is 16.1 Å². The zero-order valence-corrected chi connectivity index (χ0v) is 18.3. The van der Waals surface area contributed by atoms with Gasteiger partial charge in [0.05, 0.1) is 19.0 Å². The van der Waals surface area contributed by atoms with Gasteiger partial charge >= 0.3 is 0 Å². The largest absolute Gasteiger partial charge is 0.399 e. The molecule has 4 aromatic rings. The third-order valence-electron chi connectivity index (χ3n) is 6.04. The van der Waals surface area contributed by atoms with Crippen LogP contribution in [0.1, 0.15) is 22.6 Å². The highest BCUT2D eigenvalue weighted by Crippen LogP contribution is 2.41. The van der Waals surface area contributed by atoms with Gasteiger partial charge in [-0.1, -0.05) is 91.0 Å². The van der Waals surface area contributed by atoms with Crippen molar-refractivity contribution < 1.29 is 4.79 Å². The number of anilines is 1. The van der Waals surface area contributed by atoms with Crippen molar-refractivity contribution in [3.05, 3.63) is 126 Å².